The van der Waals surface area contributed by atoms with Crippen molar-refractivity contribution in [1.82, 2.24) is 14.5 Å². The molecule has 0 bridgehead atoms. The summed E-state index contributed by atoms with van der Waals surface area (Å²) in [5.41, 5.74) is 10.5. The summed E-state index contributed by atoms with van der Waals surface area (Å²) in [6.07, 6.45) is 1.85. The summed E-state index contributed by atoms with van der Waals surface area (Å²) in [7, 11) is 0. The third-order valence-electron chi connectivity index (χ3n) is 12.8. The number of benzene rings is 7. The van der Waals surface area contributed by atoms with Crippen molar-refractivity contribution < 1.29 is 14.7 Å². The maximum Gasteiger partial charge on any atom is 0.149 e. The Balaban J connectivity index is 1.37. The first-order valence-corrected chi connectivity index (χ1v) is 23.0. The van der Waals surface area contributed by atoms with E-state index >= 15 is 0 Å². The van der Waals surface area contributed by atoms with Crippen molar-refractivity contribution in [3.63, 3.8) is 0 Å². The van der Waals surface area contributed by atoms with E-state index < -0.39 is 36.2 Å². The van der Waals surface area contributed by atoms with Gasteiger partial charge in [-0.3, -0.25) is 9.55 Å². The second-order valence-corrected chi connectivity index (χ2v) is 20.3. The van der Waals surface area contributed by atoms with Crippen molar-refractivity contribution in [3.05, 3.63) is 192 Å². The maximum absolute atomic E-state index is 12.8. The highest BCUT2D eigenvalue weighted by molar-refractivity contribution is 5.98. The normalized spacial score (nSPS) is 14.4. The predicted octanol–water partition coefficient (Wildman–Crippen LogP) is 17.1. The van der Waals surface area contributed by atoms with Crippen LogP contribution in [0.5, 0.6) is 5.75 Å². The highest BCUT2D eigenvalue weighted by Crippen LogP contribution is 2.46. The lowest BCUT2D eigenvalue weighted by Crippen LogP contribution is -2.17. The van der Waals surface area contributed by atoms with Crippen molar-refractivity contribution in [2.24, 2.45) is 0 Å². The van der Waals surface area contributed by atoms with Gasteiger partial charge in [0.15, 0.2) is 0 Å². The molecule has 0 aliphatic heterocycles. The van der Waals surface area contributed by atoms with E-state index in [1.54, 1.807) is 0 Å². The van der Waals surface area contributed by atoms with Crippen LogP contribution in [0.4, 0.5) is 0 Å². The summed E-state index contributed by atoms with van der Waals surface area (Å²) in [4.78, 5) is 10.5. The quantitative estimate of drug-likeness (QED) is 0.165. The molecule has 0 aliphatic carbocycles. The molecule has 4 heteroatoms. The summed E-state index contributed by atoms with van der Waals surface area (Å²) in [5, 5.41) is 12.8. The molecule has 336 valence electrons. The van der Waals surface area contributed by atoms with Crippen LogP contribution in [0.25, 0.3) is 83.9 Å². The summed E-state index contributed by atoms with van der Waals surface area (Å²) in [5.74, 6) is -1.16. The first kappa shape index (κ1) is 37.1. The molecule has 2 aromatic heterocycles. The molecule has 0 amide bonds. The monoisotopic (exact) mass is 885 g/mol. The average molecular weight is 885 g/mol. The largest absolute Gasteiger partial charge is 0.507 e. The number of hydrogen-bond acceptors (Lipinski definition) is 3. The lowest BCUT2D eigenvalue weighted by molar-refractivity contribution is 0.446. The molecule has 7 aromatic carbocycles. The summed E-state index contributed by atoms with van der Waals surface area (Å²) in [6.45, 7) is 11.3. The topological polar surface area (TPSA) is 50.9 Å². The zero-order valence-electron chi connectivity index (χ0n) is 47.0. The third-order valence-corrected chi connectivity index (χ3v) is 12.8. The Hall–Kier alpha value is -7.04. The zero-order valence-corrected chi connectivity index (χ0v) is 40.0. The van der Waals surface area contributed by atoms with Crippen LogP contribution in [0.2, 0.25) is 0 Å². The van der Waals surface area contributed by atoms with Crippen molar-refractivity contribution >= 4 is 11.0 Å². The molecule has 0 spiro atoms. The number of para-hydroxylation sites is 1. The zero-order chi connectivity index (χ0) is 53.3. The molecule has 0 saturated carbocycles. The van der Waals surface area contributed by atoms with E-state index in [0.717, 1.165) is 61.3 Å². The predicted molar refractivity (Wildman–Crippen MR) is 283 cm³/mol. The van der Waals surface area contributed by atoms with Crippen LogP contribution in [0, 0.1) is 0 Å². The Morgan fingerprint density at radius 3 is 1.82 bits per heavy atom. The minimum Gasteiger partial charge on any atom is -0.507 e. The Kier molecular flexibility index (Phi) is 9.59. The Morgan fingerprint density at radius 1 is 0.522 bits per heavy atom. The minimum absolute atomic E-state index is 0.0183. The van der Waals surface area contributed by atoms with Gasteiger partial charge in [-0.2, -0.15) is 0 Å². The van der Waals surface area contributed by atoms with Gasteiger partial charge in [-0.05, 0) is 127 Å². The molecule has 9 rings (SSSR count). The van der Waals surface area contributed by atoms with Gasteiger partial charge in [0, 0.05) is 38.0 Å². The van der Waals surface area contributed by atoms with E-state index in [2.05, 4.69) is 81.4 Å². The van der Waals surface area contributed by atoms with Crippen LogP contribution in [0.15, 0.2) is 170 Å². The first-order valence-electron chi connectivity index (χ1n) is 26.5. The van der Waals surface area contributed by atoms with Gasteiger partial charge in [0.05, 0.1) is 28.0 Å². The molecular formula is C63H63N3O. The fourth-order valence-electron chi connectivity index (χ4n) is 8.93. The number of imidazole rings is 1. The van der Waals surface area contributed by atoms with Crippen LogP contribution in [-0.2, 0) is 16.2 Å². The highest BCUT2D eigenvalue weighted by atomic mass is 16.3. The number of pyridine rings is 1. The average Bonchev–Trinajstić information content (AvgIpc) is 3.74. The van der Waals surface area contributed by atoms with Crippen molar-refractivity contribution in [1.29, 1.82) is 0 Å². The molecule has 0 atom stereocenters. The van der Waals surface area contributed by atoms with E-state index in [4.69, 9.17) is 19.6 Å². The maximum atomic E-state index is 12.8. The number of hydrogen-bond donors (Lipinski definition) is 1. The molecule has 9 aromatic rings. The Bertz CT molecular complexity index is 3520. The van der Waals surface area contributed by atoms with Crippen molar-refractivity contribution in [2.45, 2.75) is 98.2 Å². The van der Waals surface area contributed by atoms with Gasteiger partial charge in [-0.1, -0.05) is 185 Å². The van der Waals surface area contributed by atoms with Crippen LogP contribution in [0.1, 0.15) is 114 Å². The van der Waals surface area contributed by atoms with Crippen molar-refractivity contribution in [3.8, 4) is 78.6 Å². The molecule has 0 fully saturated rings. The van der Waals surface area contributed by atoms with E-state index in [1.165, 1.54) is 18.6 Å². The molecule has 4 nitrogen and oxygen atoms in total. The molecule has 0 saturated heterocycles. The third kappa shape index (κ3) is 8.98. The van der Waals surface area contributed by atoms with Crippen LogP contribution < -0.4 is 0 Å². The molecular weight excluding hydrogens is 815 g/mol. The number of aromatic hydroxyl groups is 1. The Labute approximate surface area is 407 Å². The molecule has 67 heavy (non-hydrogen) atoms. The minimum atomic E-state index is -3.05. The Morgan fingerprint density at radius 2 is 1.16 bits per heavy atom. The van der Waals surface area contributed by atoms with Crippen LogP contribution in [0.3, 0.4) is 0 Å². The van der Waals surface area contributed by atoms with Crippen molar-refractivity contribution in [2.75, 3.05) is 0 Å². The van der Waals surface area contributed by atoms with Gasteiger partial charge in [0.25, 0.3) is 0 Å². The van der Waals surface area contributed by atoms with E-state index in [9.17, 15) is 5.11 Å². The number of phenolic OH excluding ortho intramolecular Hbond substituents is 1. The standard InChI is InChI=1S/C63H63N3O/c1-40(2)44-27-30-56(52(36-44)43-21-16-13-17-22-43)66-57-24-18-23-51(58(57)65-60(66)53-38-50(62(6,7)8)39-54(59(53)67)63(9,10)11)47-33-46(41-19-14-12-15-20-41)34-48(35-47)55-37-45(31-32-64-55)42-25-28-49(29-26-42)61(3,4)5/h12-40,67H,1-11H3/i9D3,10D3,40D. The van der Waals surface area contributed by atoms with Gasteiger partial charge in [-0.25, -0.2) is 4.98 Å². The number of aromatic nitrogens is 3. The van der Waals surface area contributed by atoms with E-state index in [1.807, 2.05) is 142 Å². The van der Waals surface area contributed by atoms with Gasteiger partial charge in [0.1, 0.15) is 11.6 Å². The fourth-order valence-corrected chi connectivity index (χ4v) is 8.93. The molecule has 2 heterocycles. The smallest absolute Gasteiger partial charge is 0.149 e. The second-order valence-electron chi connectivity index (χ2n) is 20.3. The van der Waals surface area contributed by atoms with Crippen LogP contribution >= 0.6 is 0 Å². The molecule has 0 radical (unpaired) electrons. The number of fused-ring (bicyclic) bond motifs is 1. The summed E-state index contributed by atoms with van der Waals surface area (Å²) in [6, 6.07) is 54.6. The number of nitrogens with zero attached hydrogens (tertiary/aromatic N) is 3. The molecule has 1 N–H and O–H groups in total. The van der Waals surface area contributed by atoms with Gasteiger partial charge >= 0.3 is 0 Å². The molecule has 0 unspecified atom stereocenters. The SMILES string of the molecule is [2H]C(C)(C)c1ccc(-n2c(-c3cc(C(C)(C)C)cc(C(C)(C([2H])([2H])[2H])C([2H])([2H])[2H])c3O)nc3c(-c4cc(-c5ccccc5)cc(-c5cc(-c6ccc(C(C)(C)C)cc6)ccn5)c4)cccc32)c(-c2ccccc2)c1. The highest BCUT2D eigenvalue weighted by Gasteiger charge is 2.29. The van der Waals surface area contributed by atoms with Gasteiger partial charge in [0.2, 0.25) is 0 Å². The molecule has 0 aliphatic rings. The van der Waals surface area contributed by atoms with E-state index in [0.29, 0.717) is 22.3 Å². The summed E-state index contributed by atoms with van der Waals surface area (Å²) < 4.78 is 63.4. The fraction of sp³-hybridized carbons (Fsp3) is 0.238. The number of rotatable bonds is 8. The first-order chi connectivity index (χ1) is 34.6. The van der Waals surface area contributed by atoms with Gasteiger partial charge < -0.3 is 5.11 Å². The lowest BCUT2D eigenvalue weighted by atomic mass is 9.79. The second kappa shape index (κ2) is 17.3. The lowest BCUT2D eigenvalue weighted by Gasteiger charge is -2.27. The summed E-state index contributed by atoms with van der Waals surface area (Å²) >= 11 is 0. The number of phenols is 1. The van der Waals surface area contributed by atoms with Crippen LogP contribution in [-0.4, -0.2) is 19.6 Å². The van der Waals surface area contributed by atoms with Gasteiger partial charge in [-0.15, -0.1) is 0 Å². The van der Waals surface area contributed by atoms with E-state index in [-0.39, 0.29) is 22.4 Å².